The van der Waals surface area contributed by atoms with Crippen LogP contribution in [0.4, 0.5) is 0 Å². The van der Waals surface area contributed by atoms with Gasteiger partial charge in [-0.1, -0.05) is 20.8 Å². The van der Waals surface area contributed by atoms with Crippen molar-refractivity contribution >= 4 is 0 Å². The van der Waals surface area contributed by atoms with Gasteiger partial charge in [0.15, 0.2) is 0 Å². The van der Waals surface area contributed by atoms with Crippen molar-refractivity contribution in [3.63, 3.8) is 0 Å². The third kappa shape index (κ3) is 0.865. The van der Waals surface area contributed by atoms with E-state index in [4.69, 9.17) is 4.98 Å². The van der Waals surface area contributed by atoms with Crippen LogP contribution in [0, 0.1) is 12.3 Å². The predicted molar refractivity (Wildman–Crippen MR) is 59.9 cm³/mol. The zero-order chi connectivity index (χ0) is 10.8. The molecule has 1 saturated carbocycles. The Balaban J connectivity index is 2.29. The lowest BCUT2D eigenvalue weighted by atomic mass is 9.70. The third-order valence-corrected chi connectivity index (χ3v) is 5.06. The van der Waals surface area contributed by atoms with E-state index in [-0.39, 0.29) is 5.41 Å². The molecule has 0 amide bonds. The second kappa shape index (κ2) is 2.42. The Morgan fingerprint density at radius 3 is 2.80 bits per heavy atom. The number of rotatable bonds is 0. The molecule has 2 heteroatoms. The molecule has 1 aromatic rings. The summed E-state index contributed by atoms with van der Waals surface area (Å²) in [5.74, 6) is 1.59. The molecule has 0 aromatic carbocycles. The van der Waals surface area contributed by atoms with Crippen LogP contribution in [0.15, 0.2) is 6.20 Å². The van der Waals surface area contributed by atoms with Gasteiger partial charge in [0.05, 0.1) is 5.69 Å². The lowest BCUT2D eigenvalue weighted by molar-refractivity contribution is 0.227. The standard InChI is InChI=1S/C13H18N2/c1-8-14-7-9-10-5-6-13(4,11(9)15-8)12(10,2)3/h7,10H,5-6H2,1-4H3. The fourth-order valence-corrected chi connectivity index (χ4v) is 3.64. The SMILES string of the molecule is Cc1ncc2c(n1)C1(C)CCC2C1(C)C. The van der Waals surface area contributed by atoms with Crippen LogP contribution < -0.4 is 0 Å². The topological polar surface area (TPSA) is 25.8 Å². The van der Waals surface area contributed by atoms with Crippen LogP contribution in [-0.2, 0) is 5.41 Å². The first kappa shape index (κ1) is 9.32. The fourth-order valence-electron chi connectivity index (χ4n) is 3.64. The molecule has 80 valence electrons. The first-order valence-electron chi connectivity index (χ1n) is 5.81. The monoisotopic (exact) mass is 202 g/mol. The van der Waals surface area contributed by atoms with Crippen molar-refractivity contribution in [2.75, 3.05) is 0 Å². The number of fused-ring (bicyclic) bond motifs is 5. The summed E-state index contributed by atoms with van der Waals surface area (Å²) >= 11 is 0. The van der Waals surface area contributed by atoms with Gasteiger partial charge in [0.2, 0.25) is 0 Å². The number of hydrogen-bond acceptors (Lipinski definition) is 2. The van der Waals surface area contributed by atoms with Gasteiger partial charge in [0.1, 0.15) is 5.82 Å². The molecule has 15 heavy (non-hydrogen) atoms. The highest BCUT2D eigenvalue weighted by molar-refractivity contribution is 5.43. The molecule has 2 aliphatic carbocycles. The van der Waals surface area contributed by atoms with Gasteiger partial charge in [-0.05, 0) is 36.7 Å². The van der Waals surface area contributed by atoms with E-state index in [2.05, 4.69) is 32.0 Å². The summed E-state index contributed by atoms with van der Waals surface area (Å²) in [6.45, 7) is 9.15. The summed E-state index contributed by atoms with van der Waals surface area (Å²) < 4.78 is 0. The number of hydrogen-bond donors (Lipinski definition) is 0. The Morgan fingerprint density at radius 2 is 2.07 bits per heavy atom. The van der Waals surface area contributed by atoms with Crippen molar-refractivity contribution in [2.24, 2.45) is 5.41 Å². The fraction of sp³-hybridized carbons (Fsp3) is 0.692. The Bertz CT molecular complexity index is 436. The van der Waals surface area contributed by atoms with Crippen LogP contribution in [0.25, 0.3) is 0 Å². The van der Waals surface area contributed by atoms with Gasteiger partial charge in [-0.2, -0.15) is 0 Å². The van der Waals surface area contributed by atoms with Crippen LogP contribution in [0.2, 0.25) is 0 Å². The summed E-state index contributed by atoms with van der Waals surface area (Å²) in [5, 5.41) is 0. The molecular formula is C13H18N2. The lowest BCUT2D eigenvalue weighted by Crippen LogP contribution is -2.32. The van der Waals surface area contributed by atoms with E-state index in [0.717, 1.165) is 5.82 Å². The van der Waals surface area contributed by atoms with E-state index in [9.17, 15) is 0 Å². The normalized spacial score (nSPS) is 35.6. The maximum Gasteiger partial charge on any atom is 0.125 e. The molecule has 3 rings (SSSR count). The minimum atomic E-state index is 0.278. The second-order valence-corrected chi connectivity index (χ2v) is 5.87. The Hall–Kier alpha value is -0.920. The Morgan fingerprint density at radius 1 is 1.33 bits per heavy atom. The van der Waals surface area contributed by atoms with Crippen molar-refractivity contribution in [3.8, 4) is 0 Å². The molecular weight excluding hydrogens is 184 g/mol. The molecule has 2 atom stereocenters. The highest BCUT2D eigenvalue weighted by Crippen LogP contribution is 2.66. The minimum absolute atomic E-state index is 0.278. The molecule has 0 radical (unpaired) electrons. The van der Waals surface area contributed by atoms with E-state index in [1.54, 1.807) is 0 Å². The van der Waals surface area contributed by atoms with E-state index in [1.165, 1.54) is 24.1 Å². The van der Waals surface area contributed by atoms with Crippen molar-refractivity contribution in [3.05, 3.63) is 23.3 Å². The zero-order valence-electron chi connectivity index (χ0n) is 9.96. The van der Waals surface area contributed by atoms with Gasteiger partial charge in [0, 0.05) is 11.6 Å². The molecule has 2 bridgehead atoms. The van der Waals surface area contributed by atoms with Crippen LogP contribution in [-0.4, -0.2) is 9.97 Å². The molecule has 0 N–H and O–H groups in total. The van der Waals surface area contributed by atoms with E-state index >= 15 is 0 Å². The molecule has 2 unspecified atom stereocenters. The molecule has 1 fully saturated rings. The summed E-state index contributed by atoms with van der Waals surface area (Å²) in [7, 11) is 0. The predicted octanol–water partition coefficient (Wildman–Crippen LogP) is 2.96. The maximum absolute atomic E-state index is 4.69. The molecule has 0 aliphatic heterocycles. The smallest absolute Gasteiger partial charge is 0.125 e. The van der Waals surface area contributed by atoms with Crippen molar-refractivity contribution in [1.29, 1.82) is 0 Å². The Labute approximate surface area is 91.1 Å². The van der Waals surface area contributed by atoms with Crippen molar-refractivity contribution in [2.45, 2.75) is 51.9 Å². The second-order valence-electron chi connectivity index (χ2n) is 5.87. The van der Waals surface area contributed by atoms with Crippen LogP contribution in [0.5, 0.6) is 0 Å². The molecule has 1 heterocycles. The first-order chi connectivity index (χ1) is 6.97. The Kier molecular flexibility index (Phi) is 1.50. The summed E-state index contributed by atoms with van der Waals surface area (Å²) in [4.78, 5) is 9.05. The van der Waals surface area contributed by atoms with Gasteiger partial charge in [-0.3, -0.25) is 0 Å². The van der Waals surface area contributed by atoms with Gasteiger partial charge in [-0.15, -0.1) is 0 Å². The van der Waals surface area contributed by atoms with E-state index < -0.39 is 0 Å². The minimum Gasteiger partial charge on any atom is -0.241 e. The van der Waals surface area contributed by atoms with Gasteiger partial charge in [-0.25, -0.2) is 9.97 Å². The largest absolute Gasteiger partial charge is 0.241 e. The molecule has 0 saturated heterocycles. The summed E-state index contributed by atoms with van der Waals surface area (Å²) in [6.07, 6.45) is 4.66. The summed E-state index contributed by atoms with van der Waals surface area (Å²) in [6, 6.07) is 0. The van der Waals surface area contributed by atoms with E-state index in [1.807, 2.05) is 6.92 Å². The highest BCUT2D eigenvalue weighted by atomic mass is 14.9. The molecule has 0 spiro atoms. The average molecular weight is 202 g/mol. The quantitative estimate of drug-likeness (QED) is 0.646. The average Bonchev–Trinajstić information content (AvgIpc) is 2.48. The van der Waals surface area contributed by atoms with E-state index in [0.29, 0.717) is 11.3 Å². The van der Waals surface area contributed by atoms with Crippen molar-refractivity contribution in [1.82, 2.24) is 9.97 Å². The van der Waals surface area contributed by atoms with Gasteiger partial charge >= 0.3 is 0 Å². The van der Waals surface area contributed by atoms with Crippen LogP contribution in [0.1, 0.15) is 56.6 Å². The third-order valence-electron chi connectivity index (χ3n) is 5.06. The van der Waals surface area contributed by atoms with Crippen LogP contribution in [0.3, 0.4) is 0 Å². The van der Waals surface area contributed by atoms with Crippen LogP contribution >= 0.6 is 0 Å². The number of aryl methyl sites for hydroxylation is 1. The zero-order valence-corrected chi connectivity index (χ0v) is 9.96. The molecule has 2 aliphatic rings. The summed E-state index contributed by atoms with van der Waals surface area (Å²) in [5.41, 5.74) is 3.38. The highest BCUT2D eigenvalue weighted by Gasteiger charge is 2.60. The first-order valence-corrected chi connectivity index (χ1v) is 5.81. The molecule has 1 aromatic heterocycles. The maximum atomic E-state index is 4.69. The lowest BCUT2D eigenvalue weighted by Gasteiger charge is -2.34. The van der Waals surface area contributed by atoms with Gasteiger partial charge in [0.25, 0.3) is 0 Å². The number of aromatic nitrogens is 2. The number of nitrogens with zero attached hydrogens (tertiary/aromatic N) is 2. The van der Waals surface area contributed by atoms with Crippen molar-refractivity contribution < 1.29 is 0 Å². The van der Waals surface area contributed by atoms with Gasteiger partial charge < -0.3 is 0 Å². The molecule has 2 nitrogen and oxygen atoms in total.